The zero-order chi connectivity index (χ0) is 18.0. The van der Waals surface area contributed by atoms with Crippen molar-refractivity contribution in [2.45, 2.75) is 11.3 Å². The van der Waals surface area contributed by atoms with E-state index < -0.39 is 32.9 Å². The Hall–Kier alpha value is -2.53. The Morgan fingerprint density at radius 3 is 2.42 bits per heavy atom. The number of carbonyl (C=O) groups is 1. The number of hydrogen-bond donors (Lipinski definition) is 2. The molecule has 0 aliphatic heterocycles. The van der Waals surface area contributed by atoms with E-state index in [-0.39, 0.29) is 5.69 Å². The predicted octanol–water partition coefficient (Wildman–Crippen LogP) is 1.55. The lowest BCUT2D eigenvalue weighted by molar-refractivity contribution is -0.275. The van der Waals surface area contributed by atoms with E-state index in [1.54, 1.807) is 24.1 Å². The molecule has 11 heteroatoms. The van der Waals surface area contributed by atoms with E-state index in [0.29, 0.717) is 0 Å². The lowest BCUT2D eigenvalue weighted by Crippen LogP contribution is -2.42. The number of ether oxygens (including phenoxy) is 1. The summed E-state index contributed by atoms with van der Waals surface area (Å²) in [4.78, 5) is 12.8. The average Bonchev–Trinajstić information content (AvgIpc) is 2.90. The maximum Gasteiger partial charge on any atom is 0.573 e. The average molecular weight is 363 g/mol. The van der Waals surface area contributed by atoms with E-state index >= 15 is 0 Å². The van der Waals surface area contributed by atoms with Gasteiger partial charge in [-0.3, -0.25) is 10.2 Å². The van der Waals surface area contributed by atoms with E-state index in [4.69, 9.17) is 0 Å². The molecule has 0 bridgehead atoms. The second kappa shape index (κ2) is 6.53. The van der Waals surface area contributed by atoms with Crippen molar-refractivity contribution in [3.8, 4) is 5.75 Å². The molecule has 0 spiro atoms. The van der Waals surface area contributed by atoms with Gasteiger partial charge in [-0.1, -0.05) is 12.1 Å². The number of alkyl halides is 3. The number of sulfonamides is 1. The minimum Gasteiger partial charge on any atom is -0.404 e. The second-order valence-corrected chi connectivity index (χ2v) is 6.21. The van der Waals surface area contributed by atoms with Crippen LogP contribution in [-0.4, -0.2) is 25.3 Å². The highest BCUT2D eigenvalue weighted by Crippen LogP contribution is 2.28. The zero-order valence-electron chi connectivity index (χ0n) is 12.2. The Morgan fingerprint density at radius 1 is 1.17 bits per heavy atom. The molecule has 0 unspecified atom stereocenters. The first kappa shape index (κ1) is 17.8. The van der Waals surface area contributed by atoms with Crippen LogP contribution in [0.1, 0.15) is 10.5 Å². The molecule has 7 nitrogen and oxygen atoms in total. The number of hydrazine groups is 1. The molecule has 0 aliphatic rings. The van der Waals surface area contributed by atoms with Gasteiger partial charge in [0.05, 0.1) is 0 Å². The molecule has 0 aliphatic carbocycles. The van der Waals surface area contributed by atoms with Gasteiger partial charge in [0.2, 0.25) is 0 Å². The fourth-order valence-electron chi connectivity index (χ4n) is 1.81. The maximum atomic E-state index is 12.3. The zero-order valence-corrected chi connectivity index (χ0v) is 13.0. The molecule has 0 fully saturated rings. The lowest BCUT2D eigenvalue weighted by atomic mass is 10.3. The monoisotopic (exact) mass is 363 g/mol. The van der Waals surface area contributed by atoms with Gasteiger partial charge in [0.1, 0.15) is 16.3 Å². The summed E-state index contributed by atoms with van der Waals surface area (Å²) in [6, 6.07) is 7.17. The number of benzene rings is 1. The van der Waals surface area contributed by atoms with Crippen LogP contribution >= 0.6 is 0 Å². The van der Waals surface area contributed by atoms with Crippen LogP contribution in [0.25, 0.3) is 0 Å². The summed E-state index contributed by atoms with van der Waals surface area (Å²) >= 11 is 0. The number of halogens is 3. The predicted molar refractivity (Wildman–Crippen MR) is 76.3 cm³/mol. The summed E-state index contributed by atoms with van der Waals surface area (Å²) in [6.07, 6.45) is -3.49. The molecule has 0 saturated heterocycles. The first-order chi connectivity index (χ1) is 11.1. The fourth-order valence-corrected chi connectivity index (χ4v) is 2.78. The summed E-state index contributed by atoms with van der Waals surface area (Å²) in [5.74, 6) is -1.69. The van der Waals surface area contributed by atoms with Crippen molar-refractivity contribution < 1.29 is 31.1 Å². The summed E-state index contributed by atoms with van der Waals surface area (Å²) in [5.41, 5.74) is 2.07. The van der Waals surface area contributed by atoms with E-state index in [2.05, 4.69) is 4.74 Å². The number of nitrogens with one attached hydrogen (secondary N) is 2. The van der Waals surface area contributed by atoms with Crippen LogP contribution in [-0.2, 0) is 17.1 Å². The minimum absolute atomic E-state index is 0.150. The van der Waals surface area contributed by atoms with Gasteiger partial charge in [0.15, 0.2) is 0 Å². The van der Waals surface area contributed by atoms with Gasteiger partial charge in [-0.05, 0) is 24.3 Å². The van der Waals surface area contributed by atoms with Gasteiger partial charge in [-0.25, -0.2) is 8.42 Å². The van der Waals surface area contributed by atoms with E-state index in [1.165, 1.54) is 22.8 Å². The molecule has 1 aromatic heterocycles. The van der Waals surface area contributed by atoms with Crippen LogP contribution in [0.15, 0.2) is 47.5 Å². The number of rotatable bonds is 5. The van der Waals surface area contributed by atoms with Crippen molar-refractivity contribution in [3.05, 3.63) is 48.3 Å². The van der Waals surface area contributed by atoms with Gasteiger partial charge in [0, 0.05) is 13.2 Å². The number of aromatic nitrogens is 1. The first-order valence-corrected chi connectivity index (χ1v) is 7.87. The quantitative estimate of drug-likeness (QED) is 0.789. The van der Waals surface area contributed by atoms with Gasteiger partial charge >= 0.3 is 6.36 Å². The molecule has 0 atom stereocenters. The number of nitrogens with zero attached hydrogens (tertiary/aromatic N) is 1. The van der Waals surface area contributed by atoms with Crippen LogP contribution in [0.2, 0.25) is 0 Å². The van der Waals surface area contributed by atoms with E-state index in [9.17, 15) is 26.4 Å². The van der Waals surface area contributed by atoms with Crippen molar-refractivity contribution in [1.82, 2.24) is 14.8 Å². The van der Waals surface area contributed by atoms with Gasteiger partial charge in [-0.2, -0.15) is 0 Å². The Labute approximate surface area is 135 Å². The third-order valence-electron chi connectivity index (χ3n) is 2.84. The van der Waals surface area contributed by atoms with Crippen LogP contribution in [0.5, 0.6) is 5.75 Å². The van der Waals surface area contributed by atoms with E-state index in [0.717, 1.165) is 12.1 Å². The Balaban J connectivity index is 2.19. The van der Waals surface area contributed by atoms with Crippen molar-refractivity contribution >= 4 is 15.9 Å². The van der Waals surface area contributed by atoms with Crippen molar-refractivity contribution in [2.24, 2.45) is 7.05 Å². The molecule has 2 aromatic rings. The third kappa shape index (κ3) is 4.26. The number of para-hydroxylation sites is 1. The SMILES string of the molecule is Cn1cccc1C(=O)NNS(=O)(=O)c1ccccc1OC(F)(F)F. The summed E-state index contributed by atoms with van der Waals surface area (Å²) in [6.45, 7) is 0. The lowest BCUT2D eigenvalue weighted by Gasteiger charge is -2.14. The molecular formula is C13H12F3N3O4S. The van der Waals surface area contributed by atoms with Crippen LogP contribution in [0.3, 0.4) is 0 Å². The van der Waals surface area contributed by atoms with Crippen molar-refractivity contribution in [3.63, 3.8) is 0 Å². The summed E-state index contributed by atoms with van der Waals surface area (Å²) in [5, 5.41) is 0. The Kier molecular flexibility index (Phi) is 4.85. The molecule has 1 amide bonds. The molecular weight excluding hydrogens is 351 g/mol. The topological polar surface area (TPSA) is 89.4 Å². The van der Waals surface area contributed by atoms with Crippen molar-refractivity contribution in [1.29, 1.82) is 0 Å². The van der Waals surface area contributed by atoms with Crippen LogP contribution in [0.4, 0.5) is 13.2 Å². The van der Waals surface area contributed by atoms with E-state index in [1.807, 2.05) is 5.43 Å². The number of carbonyl (C=O) groups excluding carboxylic acids is 1. The largest absolute Gasteiger partial charge is 0.573 e. The summed E-state index contributed by atoms with van der Waals surface area (Å²) < 4.78 is 66.4. The number of amides is 1. The molecule has 1 heterocycles. The molecule has 0 radical (unpaired) electrons. The van der Waals surface area contributed by atoms with Gasteiger partial charge in [-0.15, -0.1) is 18.0 Å². The smallest absolute Gasteiger partial charge is 0.404 e. The number of aryl methyl sites for hydroxylation is 1. The third-order valence-corrected chi connectivity index (χ3v) is 4.13. The molecule has 130 valence electrons. The molecule has 1 aromatic carbocycles. The molecule has 0 saturated carbocycles. The molecule has 2 N–H and O–H groups in total. The highest BCUT2D eigenvalue weighted by Gasteiger charge is 2.34. The summed E-state index contributed by atoms with van der Waals surface area (Å²) in [7, 11) is -2.91. The molecule has 2 rings (SSSR count). The Morgan fingerprint density at radius 2 is 1.83 bits per heavy atom. The van der Waals surface area contributed by atoms with Crippen LogP contribution < -0.4 is 15.0 Å². The normalized spacial score (nSPS) is 12.0. The molecule has 24 heavy (non-hydrogen) atoms. The van der Waals surface area contributed by atoms with Gasteiger partial charge < -0.3 is 9.30 Å². The standard InChI is InChI=1S/C13H12F3N3O4S/c1-19-8-4-5-9(19)12(20)17-18-24(21,22)11-7-3-2-6-10(11)23-13(14,15)16/h2-8,18H,1H3,(H,17,20). The Bertz CT molecular complexity index is 846. The highest BCUT2D eigenvalue weighted by atomic mass is 32.2. The first-order valence-electron chi connectivity index (χ1n) is 6.38. The van der Waals surface area contributed by atoms with Crippen molar-refractivity contribution in [2.75, 3.05) is 0 Å². The van der Waals surface area contributed by atoms with Crippen LogP contribution in [0, 0.1) is 0 Å². The fraction of sp³-hybridized carbons (Fsp3) is 0.154. The second-order valence-electron chi connectivity index (χ2n) is 4.56. The minimum atomic E-state index is -5.06. The number of hydrogen-bond acceptors (Lipinski definition) is 4. The van der Waals surface area contributed by atoms with Gasteiger partial charge in [0.25, 0.3) is 15.9 Å². The maximum absolute atomic E-state index is 12.3. The highest BCUT2D eigenvalue weighted by molar-refractivity contribution is 7.89.